The monoisotopic (exact) mass is 339 g/mol. The summed E-state index contributed by atoms with van der Waals surface area (Å²) in [7, 11) is 3.48. The van der Waals surface area contributed by atoms with E-state index in [1.54, 1.807) is 7.11 Å². The van der Waals surface area contributed by atoms with Gasteiger partial charge in [0.15, 0.2) is 0 Å². The predicted molar refractivity (Wildman–Crippen MR) is 92.1 cm³/mol. The highest BCUT2D eigenvalue weighted by atomic mass is 32.1. The third-order valence-electron chi connectivity index (χ3n) is 3.85. The second-order valence-corrected chi connectivity index (χ2v) is 7.45. The normalized spacial score (nSPS) is 14.4. The van der Waals surface area contributed by atoms with Crippen LogP contribution in [0.15, 0.2) is 6.07 Å². The molecule has 0 aliphatic heterocycles. The third kappa shape index (κ3) is 3.73. The van der Waals surface area contributed by atoms with Crippen molar-refractivity contribution in [2.24, 2.45) is 7.05 Å². The van der Waals surface area contributed by atoms with Crippen molar-refractivity contribution in [2.45, 2.75) is 38.6 Å². The number of fused-ring (bicyclic) bond motifs is 1. The minimum atomic E-state index is -0.587. The number of carbonyl (C=O) groups is 1. The minimum absolute atomic E-state index is 0.00598. The highest BCUT2D eigenvalue weighted by Crippen LogP contribution is 2.31. The molecule has 0 aliphatic rings. The van der Waals surface area contributed by atoms with E-state index in [0.717, 1.165) is 15.9 Å². The van der Waals surface area contributed by atoms with Crippen LogP contribution in [0.5, 0.6) is 0 Å². The maximum Gasteiger partial charge on any atom is 0.261 e. The van der Waals surface area contributed by atoms with Gasteiger partial charge >= 0.3 is 0 Å². The molecule has 0 aromatic carbocycles. The Kier molecular flexibility index (Phi) is 5.44. The third-order valence-corrected chi connectivity index (χ3v) is 5.05. The van der Waals surface area contributed by atoms with Gasteiger partial charge in [0.25, 0.3) is 5.91 Å². The highest BCUT2D eigenvalue weighted by molar-refractivity contribution is 7.20. The Hall–Kier alpha value is -1.44. The lowest BCUT2D eigenvalue weighted by Crippen LogP contribution is -2.49. The van der Waals surface area contributed by atoms with Gasteiger partial charge in [-0.15, -0.1) is 11.3 Å². The summed E-state index contributed by atoms with van der Waals surface area (Å²) in [5.41, 5.74) is 0.420. The Labute approximate surface area is 140 Å². The number of nitrogens with one attached hydrogen (secondary N) is 1. The lowest BCUT2D eigenvalue weighted by atomic mass is 9.99. The largest absolute Gasteiger partial charge is 0.396 e. The van der Waals surface area contributed by atoms with E-state index in [0.29, 0.717) is 23.8 Å². The fourth-order valence-corrected chi connectivity index (χ4v) is 3.65. The van der Waals surface area contributed by atoms with Crippen LogP contribution in [0.25, 0.3) is 10.2 Å². The van der Waals surface area contributed by atoms with Crippen LogP contribution in [-0.2, 0) is 11.8 Å². The first-order valence-electron chi connectivity index (χ1n) is 7.70. The number of nitrogens with zero attached hydrogens (tertiary/aromatic N) is 2. The molecule has 0 spiro atoms. The predicted octanol–water partition coefficient (Wildman–Crippen LogP) is 2.28. The Morgan fingerprint density at radius 2 is 2.26 bits per heavy atom. The molecular weight excluding hydrogens is 314 g/mol. The maximum atomic E-state index is 12.6. The summed E-state index contributed by atoms with van der Waals surface area (Å²) < 4.78 is 7.00. The van der Waals surface area contributed by atoms with Gasteiger partial charge < -0.3 is 15.2 Å². The highest BCUT2D eigenvalue weighted by Gasteiger charge is 2.28. The maximum absolute atomic E-state index is 12.6. The van der Waals surface area contributed by atoms with E-state index in [-0.39, 0.29) is 12.5 Å². The minimum Gasteiger partial charge on any atom is -0.396 e. The van der Waals surface area contributed by atoms with Gasteiger partial charge in [0.1, 0.15) is 4.83 Å². The van der Waals surface area contributed by atoms with E-state index in [2.05, 4.69) is 24.3 Å². The zero-order chi connectivity index (χ0) is 17.2. The van der Waals surface area contributed by atoms with Gasteiger partial charge in [0.05, 0.1) is 22.7 Å². The number of amides is 1. The topological polar surface area (TPSA) is 76.4 Å². The number of aliphatic hydroxyl groups is 1. The average Bonchev–Trinajstić information content (AvgIpc) is 3.00. The van der Waals surface area contributed by atoms with E-state index in [4.69, 9.17) is 4.74 Å². The lowest BCUT2D eigenvalue weighted by molar-refractivity contribution is 0.0729. The number of aryl methyl sites for hydroxylation is 1. The first-order valence-corrected chi connectivity index (χ1v) is 8.51. The SMILES string of the molecule is COCC(C)(CCO)NC(=O)c1cc2c(C(C)C)nn(C)c2s1. The van der Waals surface area contributed by atoms with E-state index in [1.165, 1.54) is 11.3 Å². The van der Waals surface area contributed by atoms with E-state index in [9.17, 15) is 9.90 Å². The zero-order valence-electron chi connectivity index (χ0n) is 14.3. The molecule has 2 N–H and O–H groups in total. The lowest BCUT2D eigenvalue weighted by Gasteiger charge is -2.29. The summed E-state index contributed by atoms with van der Waals surface area (Å²) in [5, 5.41) is 17.8. The van der Waals surface area contributed by atoms with Gasteiger partial charge in [-0.2, -0.15) is 5.10 Å². The second-order valence-electron chi connectivity index (χ2n) is 6.41. The summed E-state index contributed by atoms with van der Waals surface area (Å²) in [4.78, 5) is 14.2. The fourth-order valence-electron chi connectivity index (χ4n) is 2.68. The summed E-state index contributed by atoms with van der Waals surface area (Å²) in [5.74, 6) is 0.159. The first kappa shape index (κ1) is 17.9. The van der Waals surface area contributed by atoms with Crippen LogP contribution in [0, 0.1) is 0 Å². The molecule has 2 heterocycles. The molecular formula is C16H25N3O3S. The van der Waals surface area contributed by atoms with E-state index in [1.807, 2.05) is 24.7 Å². The van der Waals surface area contributed by atoms with Gasteiger partial charge in [-0.25, -0.2) is 0 Å². The molecule has 1 unspecified atom stereocenters. The molecule has 1 atom stereocenters. The molecule has 0 radical (unpaired) electrons. The van der Waals surface area contributed by atoms with Crippen LogP contribution < -0.4 is 5.32 Å². The number of carbonyl (C=O) groups excluding carboxylic acids is 1. The molecule has 23 heavy (non-hydrogen) atoms. The fraction of sp³-hybridized carbons (Fsp3) is 0.625. The van der Waals surface area contributed by atoms with Gasteiger partial charge in [0.2, 0.25) is 0 Å². The summed E-state index contributed by atoms with van der Waals surface area (Å²) in [6.45, 7) is 6.40. The molecule has 0 saturated heterocycles. The van der Waals surface area contributed by atoms with Crippen LogP contribution in [0.3, 0.4) is 0 Å². The molecule has 128 valence electrons. The van der Waals surface area contributed by atoms with Crippen molar-refractivity contribution in [2.75, 3.05) is 20.3 Å². The Morgan fingerprint density at radius 1 is 1.57 bits per heavy atom. The van der Waals surface area contributed by atoms with Crippen LogP contribution in [0.1, 0.15) is 48.5 Å². The molecule has 2 rings (SSSR count). The van der Waals surface area contributed by atoms with Crippen molar-refractivity contribution in [1.82, 2.24) is 15.1 Å². The van der Waals surface area contributed by atoms with Crippen molar-refractivity contribution < 1.29 is 14.6 Å². The van der Waals surface area contributed by atoms with E-state index >= 15 is 0 Å². The second kappa shape index (κ2) is 6.98. The summed E-state index contributed by atoms with van der Waals surface area (Å²) in [6, 6.07) is 1.91. The number of aromatic nitrogens is 2. The number of methoxy groups -OCH3 is 1. The van der Waals surface area contributed by atoms with Crippen molar-refractivity contribution in [3.8, 4) is 0 Å². The van der Waals surface area contributed by atoms with Crippen molar-refractivity contribution in [3.63, 3.8) is 0 Å². The molecule has 1 amide bonds. The Morgan fingerprint density at radius 3 is 2.83 bits per heavy atom. The van der Waals surface area contributed by atoms with Crippen molar-refractivity contribution in [3.05, 3.63) is 16.6 Å². The van der Waals surface area contributed by atoms with Crippen molar-refractivity contribution in [1.29, 1.82) is 0 Å². The number of thiophene rings is 1. The number of aliphatic hydroxyl groups excluding tert-OH is 1. The van der Waals surface area contributed by atoms with Crippen molar-refractivity contribution >= 4 is 27.5 Å². The Bertz CT molecular complexity index is 684. The molecule has 2 aromatic rings. The summed E-state index contributed by atoms with van der Waals surface area (Å²) >= 11 is 1.43. The van der Waals surface area contributed by atoms with Crippen LogP contribution in [0.4, 0.5) is 0 Å². The van der Waals surface area contributed by atoms with E-state index < -0.39 is 5.54 Å². The number of ether oxygens (including phenoxy) is 1. The number of rotatable bonds is 7. The number of hydrogen-bond donors (Lipinski definition) is 2. The van der Waals surface area contributed by atoms with Gasteiger partial charge in [-0.3, -0.25) is 9.48 Å². The molecule has 0 fully saturated rings. The van der Waals surface area contributed by atoms with Crippen LogP contribution >= 0.6 is 11.3 Å². The standard InChI is InChI=1S/C16H25N3O3S/c1-10(2)13-11-8-12(23-15(11)19(4)18-13)14(21)17-16(3,6-7-20)9-22-5/h8,10,20H,6-7,9H2,1-5H3,(H,17,21). The van der Waals surface area contributed by atoms with Gasteiger partial charge in [-0.05, 0) is 25.3 Å². The summed E-state index contributed by atoms with van der Waals surface area (Å²) in [6.07, 6.45) is 0.441. The molecule has 2 aromatic heterocycles. The molecule has 0 aliphatic carbocycles. The quantitative estimate of drug-likeness (QED) is 0.811. The number of hydrogen-bond acceptors (Lipinski definition) is 5. The molecule has 0 bridgehead atoms. The molecule has 6 nitrogen and oxygen atoms in total. The molecule has 7 heteroatoms. The smallest absolute Gasteiger partial charge is 0.261 e. The van der Waals surface area contributed by atoms with Gasteiger partial charge in [-0.1, -0.05) is 13.8 Å². The van der Waals surface area contributed by atoms with Crippen LogP contribution in [-0.4, -0.2) is 46.7 Å². The van der Waals surface area contributed by atoms with Gasteiger partial charge in [0, 0.05) is 26.2 Å². The molecule has 0 saturated carbocycles. The average molecular weight is 339 g/mol. The van der Waals surface area contributed by atoms with Crippen LogP contribution in [0.2, 0.25) is 0 Å². The first-order chi connectivity index (χ1) is 10.8. The Balaban J connectivity index is 2.29. The zero-order valence-corrected chi connectivity index (χ0v) is 15.2.